The van der Waals surface area contributed by atoms with Crippen molar-refractivity contribution in [2.24, 2.45) is 0 Å². The van der Waals surface area contributed by atoms with E-state index in [9.17, 15) is 9.59 Å². The minimum atomic E-state index is -0.255. The van der Waals surface area contributed by atoms with Crippen molar-refractivity contribution >= 4 is 17.3 Å². The van der Waals surface area contributed by atoms with E-state index in [2.05, 4.69) is 10.3 Å². The molecule has 122 valence electrons. The zero-order valence-corrected chi connectivity index (χ0v) is 13.7. The molecule has 0 spiro atoms. The number of hydrogen-bond donors (Lipinski definition) is 1. The van der Waals surface area contributed by atoms with E-state index < -0.39 is 0 Å². The summed E-state index contributed by atoms with van der Waals surface area (Å²) in [6.07, 6.45) is 3.13. The summed E-state index contributed by atoms with van der Waals surface area (Å²) in [7, 11) is 3.91. The summed E-state index contributed by atoms with van der Waals surface area (Å²) in [5.41, 5.74) is 2.30. The van der Waals surface area contributed by atoms with Gasteiger partial charge in [0.25, 0.3) is 5.56 Å². The summed E-state index contributed by atoms with van der Waals surface area (Å²) in [6, 6.07) is 8.99. The Labute approximate surface area is 135 Å². The molecule has 1 aromatic heterocycles. The van der Waals surface area contributed by atoms with Crippen LogP contribution in [0.25, 0.3) is 0 Å². The second-order valence-electron chi connectivity index (χ2n) is 5.59. The number of nitrogens with one attached hydrogen (secondary N) is 1. The van der Waals surface area contributed by atoms with E-state index in [1.165, 1.54) is 17.0 Å². The molecule has 2 aromatic rings. The summed E-state index contributed by atoms with van der Waals surface area (Å²) in [5.74, 6) is -0.255. The lowest BCUT2D eigenvalue weighted by molar-refractivity contribution is -0.116. The van der Waals surface area contributed by atoms with Gasteiger partial charge in [-0.05, 0) is 30.7 Å². The largest absolute Gasteiger partial charge is 0.378 e. The first-order valence-electron chi connectivity index (χ1n) is 7.62. The van der Waals surface area contributed by atoms with E-state index in [-0.39, 0.29) is 18.0 Å². The average molecular weight is 314 g/mol. The highest BCUT2D eigenvalue weighted by Crippen LogP contribution is 2.15. The first-order valence-corrected chi connectivity index (χ1v) is 7.62. The van der Waals surface area contributed by atoms with Crippen molar-refractivity contribution in [1.82, 2.24) is 9.55 Å². The summed E-state index contributed by atoms with van der Waals surface area (Å²) >= 11 is 0. The molecule has 0 atom stereocenters. The van der Waals surface area contributed by atoms with Crippen molar-refractivity contribution < 1.29 is 4.79 Å². The second kappa shape index (κ2) is 7.58. The van der Waals surface area contributed by atoms with E-state index >= 15 is 0 Å². The Morgan fingerprint density at radius 1 is 1.26 bits per heavy atom. The summed E-state index contributed by atoms with van der Waals surface area (Å²) < 4.78 is 1.31. The SMILES string of the molecule is CCCc1cc(=O)n(CC(=O)Nc2ccc(N(C)C)cc2)cn1. The molecule has 0 saturated heterocycles. The normalized spacial score (nSPS) is 10.4. The van der Waals surface area contributed by atoms with Gasteiger partial charge in [-0.3, -0.25) is 14.2 Å². The van der Waals surface area contributed by atoms with Crippen LogP contribution in [0.1, 0.15) is 19.0 Å². The Bertz CT molecular complexity index is 720. The van der Waals surface area contributed by atoms with Crippen LogP contribution in [-0.2, 0) is 17.8 Å². The molecule has 1 aromatic carbocycles. The van der Waals surface area contributed by atoms with Crippen LogP contribution >= 0.6 is 0 Å². The lowest BCUT2D eigenvalue weighted by atomic mass is 10.2. The highest BCUT2D eigenvalue weighted by atomic mass is 16.2. The molecule has 6 nitrogen and oxygen atoms in total. The molecule has 0 aliphatic heterocycles. The minimum absolute atomic E-state index is 0.0479. The molecule has 1 amide bonds. The standard InChI is InChI=1S/C17H22N4O2/c1-4-5-14-10-17(23)21(12-18-14)11-16(22)19-13-6-8-15(9-7-13)20(2)3/h6-10,12H,4-5,11H2,1-3H3,(H,19,22). The number of carbonyl (C=O) groups is 1. The van der Waals surface area contributed by atoms with Crippen LogP contribution in [0.3, 0.4) is 0 Å². The predicted molar refractivity (Wildman–Crippen MR) is 91.9 cm³/mol. The predicted octanol–water partition coefficient (Wildman–Crippen LogP) is 1.90. The van der Waals surface area contributed by atoms with Gasteiger partial charge < -0.3 is 10.2 Å². The molecule has 1 heterocycles. The number of amides is 1. The highest BCUT2D eigenvalue weighted by molar-refractivity contribution is 5.90. The van der Waals surface area contributed by atoms with Crippen LogP contribution in [0.5, 0.6) is 0 Å². The fraction of sp³-hybridized carbons (Fsp3) is 0.353. The smallest absolute Gasteiger partial charge is 0.253 e. The fourth-order valence-corrected chi connectivity index (χ4v) is 2.17. The molecule has 2 rings (SSSR count). The third kappa shape index (κ3) is 4.67. The quantitative estimate of drug-likeness (QED) is 0.884. The number of nitrogens with zero attached hydrogens (tertiary/aromatic N) is 3. The zero-order valence-electron chi connectivity index (χ0n) is 13.7. The van der Waals surface area contributed by atoms with Gasteiger partial charge >= 0.3 is 0 Å². The number of rotatable bonds is 6. The first-order chi connectivity index (χ1) is 11.0. The number of hydrogen-bond acceptors (Lipinski definition) is 4. The first kappa shape index (κ1) is 16.7. The van der Waals surface area contributed by atoms with Crippen LogP contribution in [-0.4, -0.2) is 29.6 Å². The number of aromatic nitrogens is 2. The molecule has 23 heavy (non-hydrogen) atoms. The van der Waals surface area contributed by atoms with Gasteiger partial charge in [0.1, 0.15) is 6.54 Å². The van der Waals surface area contributed by atoms with Gasteiger partial charge in [0, 0.05) is 37.2 Å². The van der Waals surface area contributed by atoms with Crippen molar-refractivity contribution in [1.29, 1.82) is 0 Å². The van der Waals surface area contributed by atoms with E-state index in [1.807, 2.05) is 50.2 Å². The molecule has 6 heteroatoms. The van der Waals surface area contributed by atoms with Crippen molar-refractivity contribution in [3.05, 3.63) is 52.7 Å². The lowest BCUT2D eigenvalue weighted by Gasteiger charge is -2.13. The van der Waals surface area contributed by atoms with Crippen LogP contribution in [0.15, 0.2) is 41.5 Å². The zero-order chi connectivity index (χ0) is 16.8. The van der Waals surface area contributed by atoms with Crippen molar-refractivity contribution in [3.63, 3.8) is 0 Å². The molecule has 0 fully saturated rings. The van der Waals surface area contributed by atoms with E-state index in [1.54, 1.807) is 0 Å². The molecule has 0 unspecified atom stereocenters. The topological polar surface area (TPSA) is 67.2 Å². The third-order valence-corrected chi connectivity index (χ3v) is 3.42. The molecule has 1 N–H and O–H groups in total. The molecule has 0 radical (unpaired) electrons. The Morgan fingerprint density at radius 3 is 2.52 bits per heavy atom. The maximum Gasteiger partial charge on any atom is 0.253 e. The summed E-state index contributed by atoms with van der Waals surface area (Å²) in [4.78, 5) is 30.2. The summed E-state index contributed by atoms with van der Waals surface area (Å²) in [5, 5.41) is 2.78. The Hall–Kier alpha value is -2.63. The van der Waals surface area contributed by atoms with Crippen LogP contribution in [0, 0.1) is 0 Å². The minimum Gasteiger partial charge on any atom is -0.378 e. The van der Waals surface area contributed by atoms with Crippen LogP contribution in [0.2, 0.25) is 0 Å². The number of benzene rings is 1. The van der Waals surface area contributed by atoms with Gasteiger partial charge in [-0.25, -0.2) is 4.98 Å². The maximum absolute atomic E-state index is 12.1. The van der Waals surface area contributed by atoms with Crippen LogP contribution < -0.4 is 15.8 Å². The molecule has 0 saturated carbocycles. The lowest BCUT2D eigenvalue weighted by Crippen LogP contribution is -2.27. The molecule has 0 aliphatic rings. The van der Waals surface area contributed by atoms with Gasteiger partial charge in [0.05, 0.1) is 6.33 Å². The third-order valence-electron chi connectivity index (χ3n) is 3.42. The molecular formula is C17H22N4O2. The average Bonchev–Trinajstić information content (AvgIpc) is 2.51. The van der Waals surface area contributed by atoms with Gasteiger partial charge in [-0.15, -0.1) is 0 Å². The monoisotopic (exact) mass is 314 g/mol. The van der Waals surface area contributed by atoms with Gasteiger partial charge in [-0.2, -0.15) is 0 Å². The molecule has 0 aliphatic carbocycles. The fourth-order valence-electron chi connectivity index (χ4n) is 2.17. The van der Waals surface area contributed by atoms with Crippen molar-refractivity contribution in [2.45, 2.75) is 26.3 Å². The van der Waals surface area contributed by atoms with Gasteiger partial charge in [-0.1, -0.05) is 13.3 Å². The van der Waals surface area contributed by atoms with E-state index in [4.69, 9.17) is 0 Å². The maximum atomic E-state index is 12.1. The Kier molecular flexibility index (Phi) is 5.51. The van der Waals surface area contributed by atoms with Crippen molar-refractivity contribution in [3.8, 4) is 0 Å². The Morgan fingerprint density at radius 2 is 1.96 bits per heavy atom. The highest BCUT2D eigenvalue weighted by Gasteiger charge is 2.07. The summed E-state index contributed by atoms with van der Waals surface area (Å²) in [6.45, 7) is 1.98. The second-order valence-corrected chi connectivity index (χ2v) is 5.59. The van der Waals surface area contributed by atoms with Gasteiger partial charge in [0.15, 0.2) is 0 Å². The number of carbonyl (C=O) groups excluding carboxylic acids is 1. The number of anilines is 2. The molecule has 0 bridgehead atoms. The van der Waals surface area contributed by atoms with Crippen LogP contribution in [0.4, 0.5) is 11.4 Å². The molecular weight excluding hydrogens is 292 g/mol. The van der Waals surface area contributed by atoms with Gasteiger partial charge in [0.2, 0.25) is 5.91 Å². The number of aryl methyl sites for hydroxylation is 1. The van der Waals surface area contributed by atoms with Crippen molar-refractivity contribution in [2.75, 3.05) is 24.3 Å². The van der Waals surface area contributed by atoms with E-state index in [0.29, 0.717) is 5.69 Å². The Balaban J connectivity index is 2.00. The van der Waals surface area contributed by atoms with E-state index in [0.717, 1.165) is 24.2 Å².